The molecule has 0 unspecified atom stereocenters. The lowest BCUT2D eigenvalue weighted by molar-refractivity contribution is 0.475. The minimum Gasteiger partial charge on any atom is -0.457 e. The average Bonchev–Trinajstić information content (AvgIpc) is 2.76. The smallest absolute Gasteiger partial charge is 0.130 e. The number of ether oxygens (including phenoxy) is 1. The lowest BCUT2D eigenvalue weighted by atomic mass is 9.99. The van der Waals surface area contributed by atoms with E-state index in [1.807, 2.05) is 68.4 Å². The number of aryl methyl sites for hydroxylation is 3. The summed E-state index contributed by atoms with van der Waals surface area (Å²) >= 11 is 0. The topological polar surface area (TPSA) is 9.23 Å². The number of hydrogen-bond acceptors (Lipinski definition) is 1. The molecular formula is C27H24O. The van der Waals surface area contributed by atoms with Crippen molar-refractivity contribution in [2.24, 2.45) is 0 Å². The van der Waals surface area contributed by atoms with Crippen molar-refractivity contribution in [1.29, 1.82) is 0 Å². The summed E-state index contributed by atoms with van der Waals surface area (Å²) < 4.78 is 29.7. The molecule has 0 aliphatic carbocycles. The SMILES string of the molecule is [2H]C([2H])([2H])c1ccccc1-c1ccc(Oc2ccc(-c3ccccc3)cc2C)c(C)c1. The van der Waals surface area contributed by atoms with Crippen molar-refractivity contribution in [2.75, 3.05) is 0 Å². The molecule has 4 rings (SSSR count). The van der Waals surface area contributed by atoms with Crippen molar-refractivity contribution in [2.45, 2.75) is 20.7 Å². The van der Waals surface area contributed by atoms with Crippen LogP contribution in [0, 0.1) is 20.7 Å². The van der Waals surface area contributed by atoms with Crippen molar-refractivity contribution >= 4 is 0 Å². The van der Waals surface area contributed by atoms with Crippen LogP contribution in [0.25, 0.3) is 22.3 Å². The molecule has 0 radical (unpaired) electrons. The number of hydrogen-bond donors (Lipinski definition) is 0. The molecule has 0 amide bonds. The highest BCUT2D eigenvalue weighted by atomic mass is 16.5. The van der Waals surface area contributed by atoms with Gasteiger partial charge in [0, 0.05) is 4.11 Å². The fourth-order valence-electron chi connectivity index (χ4n) is 3.36. The Kier molecular flexibility index (Phi) is 4.06. The van der Waals surface area contributed by atoms with E-state index in [1.54, 1.807) is 12.1 Å². The maximum Gasteiger partial charge on any atom is 0.130 e. The van der Waals surface area contributed by atoms with Crippen LogP contribution in [-0.2, 0) is 0 Å². The van der Waals surface area contributed by atoms with Crippen LogP contribution in [0.4, 0.5) is 0 Å². The van der Waals surface area contributed by atoms with Crippen molar-refractivity contribution in [3.8, 4) is 33.8 Å². The second-order valence-corrected chi connectivity index (χ2v) is 6.97. The van der Waals surface area contributed by atoms with Crippen LogP contribution in [-0.4, -0.2) is 0 Å². The van der Waals surface area contributed by atoms with Gasteiger partial charge < -0.3 is 4.74 Å². The van der Waals surface area contributed by atoms with E-state index in [2.05, 4.69) is 24.3 Å². The number of benzene rings is 4. The van der Waals surface area contributed by atoms with E-state index in [-0.39, 0.29) is 0 Å². The third kappa shape index (κ3) is 3.70. The van der Waals surface area contributed by atoms with E-state index in [4.69, 9.17) is 8.85 Å². The van der Waals surface area contributed by atoms with E-state index in [9.17, 15) is 0 Å². The molecular weight excluding hydrogens is 340 g/mol. The van der Waals surface area contributed by atoms with Gasteiger partial charge in [0.1, 0.15) is 11.5 Å². The first-order valence-electron chi connectivity index (χ1n) is 10.9. The predicted molar refractivity (Wildman–Crippen MR) is 118 cm³/mol. The second kappa shape index (κ2) is 7.74. The summed E-state index contributed by atoms with van der Waals surface area (Å²) in [6.07, 6.45) is 0. The van der Waals surface area contributed by atoms with Crippen LogP contribution in [0.2, 0.25) is 0 Å². The van der Waals surface area contributed by atoms with Crippen LogP contribution >= 0.6 is 0 Å². The molecule has 0 spiro atoms. The first-order chi connectivity index (χ1) is 14.8. The molecule has 0 saturated carbocycles. The van der Waals surface area contributed by atoms with E-state index in [0.29, 0.717) is 5.56 Å². The van der Waals surface area contributed by atoms with Crippen molar-refractivity contribution in [1.82, 2.24) is 0 Å². The molecule has 0 saturated heterocycles. The minimum absolute atomic E-state index is 0.357. The van der Waals surface area contributed by atoms with E-state index >= 15 is 0 Å². The molecule has 4 aromatic rings. The van der Waals surface area contributed by atoms with Crippen molar-refractivity contribution < 1.29 is 8.85 Å². The average molecular weight is 368 g/mol. The molecule has 0 bridgehead atoms. The zero-order valence-electron chi connectivity index (χ0n) is 19.1. The predicted octanol–water partition coefficient (Wildman–Crippen LogP) is 7.74. The van der Waals surface area contributed by atoms with Crippen LogP contribution in [0.5, 0.6) is 11.5 Å². The third-order valence-electron chi connectivity index (χ3n) is 4.91. The summed E-state index contributed by atoms with van der Waals surface area (Å²) in [7, 11) is 0. The minimum atomic E-state index is -2.16. The highest BCUT2D eigenvalue weighted by molar-refractivity contribution is 5.69. The van der Waals surface area contributed by atoms with Gasteiger partial charge in [-0.3, -0.25) is 0 Å². The summed E-state index contributed by atoms with van der Waals surface area (Å²) in [6.45, 7) is 1.86. The Balaban J connectivity index is 1.62. The van der Waals surface area contributed by atoms with Crippen LogP contribution in [0.3, 0.4) is 0 Å². The molecule has 0 aliphatic rings. The summed E-state index contributed by atoms with van der Waals surface area (Å²) in [4.78, 5) is 0. The molecule has 0 atom stereocenters. The highest BCUT2D eigenvalue weighted by Gasteiger charge is 2.09. The molecule has 1 heteroatoms. The Hall–Kier alpha value is -3.32. The van der Waals surface area contributed by atoms with Gasteiger partial charge in [0.15, 0.2) is 0 Å². The maximum absolute atomic E-state index is 7.82. The molecule has 0 fully saturated rings. The normalized spacial score (nSPS) is 12.7. The molecule has 0 aliphatic heterocycles. The Labute approximate surface area is 171 Å². The molecule has 28 heavy (non-hydrogen) atoms. The van der Waals surface area contributed by atoms with E-state index in [1.165, 1.54) is 5.56 Å². The highest BCUT2D eigenvalue weighted by Crippen LogP contribution is 2.33. The van der Waals surface area contributed by atoms with Crippen molar-refractivity contribution in [3.63, 3.8) is 0 Å². The lowest BCUT2D eigenvalue weighted by Gasteiger charge is -2.14. The Morgan fingerprint density at radius 1 is 0.571 bits per heavy atom. The molecule has 138 valence electrons. The molecule has 1 nitrogen and oxygen atoms in total. The molecule has 4 aromatic carbocycles. The fourth-order valence-corrected chi connectivity index (χ4v) is 3.36. The van der Waals surface area contributed by atoms with Gasteiger partial charge in [0.2, 0.25) is 0 Å². The van der Waals surface area contributed by atoms with Gasteiger partial charge in [0.25, 0.3) is 0 Å². The second-order valence-electron chi connectivity index (χ2n) is 6.97. The summed E-state index contributed by atoms with van der Waals surface area (Å²) in [5, 5.41) is 0. The number of rotatable bonds is 4. The fraction of sp³-hybridized carbons (Fsp3) is 0.111. The molecule has 0 N–H and O–H groups in total. The zero-order chi connectivity index (χ0) is 22.0. The van der Waals surface area contributed by atoms with Gasteiger partial charge in [0.05, 0.1) is 0 Å². The summed E-state index contributed by atoms with van der Waals surface area (Å²) in [5.74, 6) is 1.56. The Bertz CT molecular complexity index is 1210. The van der Waals surface area contributed by atoms with Gasteiger partial charge in [-0.1, -0.05) is 66.7 Å². The zero-order valence-corrected chi connectivity index (χ0v) is 16.1. The summed E-state index contributed by atoms with van der Waals surface area (Å²) in [5.41, 5.74) is 6.27. The first kappa shape index (κ1) is 14.7. The van der Waals surface area contributed by atoms with Gasteiger partial charge in [-0.15, -0.1) is 0 Å². The lowest BCUT2D eigenvalue weighted by Crippen LogP contribution is -1.92. The quantitative estimate of drug-likeness (QED) is 0.358. The van der Waals surface area contributed by atoms with Crippen LogP contribution < -0.4 is 4.74 Å². The Morgan fingerprint density at radius 3 is 1.86 bits per heavy atom. The first-order valence-corrected chi connectivity index (χ1v) is 9.37. The molecule has 0 heterocycles. The van der Waals surface area contributed by atoms with Gasteiger partial charge in [-0.05, 0) is 83.9 Å². The van der Waals surface area contributed by atoms with Crippen molar-refractivity contribution in [3.05, 3.63) is 108 Å². The van der Waals surface area contributed by atoms with E-state index in [0.717, 1.165) is 39.3 Å². The largest absolute Gasteiger partial charge is 0.457 e. The van der Waals surface area contributed by atoms with Gasteiger partial charge >= 0.3 is 0 Å². The van der Waals surface area contributed by atoms with Gasteiger partial charge in [-0.2, -0.15) is 0 Å². The van der Waals surface area contributed by atoms with Crippen LogP contribution in [0.15, 0.2) is 91.0 Å². The van der Waals surface area contributed by atoms with E-state index < -0.39 is 6.85 Å². The third-order valence-corrected chi connectivity index (χ3v) is 4.91. The van der Waals surface area contributed by atoms with Gasteiger partial charge in [-0.25, -0.2) is 0 Å². The summed E-state index contributed by atoms with van der Waals surface area (Å²) in [6, 6.07) is 29.4. The molecule has 0 aromatic heterocycles. The maximum atomic E-state index is 7.82. The van der Waals surface area contributed by atoms with Crippen LogP contribution in [0.1, 0.15) is 20.8 Å². The Morgan fingerprint density at radius 2 is 1.18 bits per heavy atom. The monoisotopic (exact) mass is 367 g/mol. The standard InChI is InChI=1S/C27H24O/c1-19-9-7-8-12-25(19)24-14-16-27(21(3)18-24)28-26-15-13-23(17-20(26)2)22-10-5-4-6-11-22/h4-18H,1-3H3/i1D3.